The number of nitrogens with one attached hydrogen (secondary N) is 1. The van der Waals surface area contributed by atoms with E-state index in [4.69, 9.17) is 11.6 Å². The molecule has 1 saturated carbocycles. The zero-order valence-corrected chi connectivity index (χ0v) is 14.0. The molecule has 0 radical (unpaired) electrons. The minimum absolute atomic E-state index is 0.373. The van der Waals surface area contributed by atoms with Crippen LogP contribution in [0.3, 0.4) is 0 Å². The second-order valence-corrected chi connectivity index (χ2v) is 6.53. The number of aliphatic carboxylic acids is 1. The van der Waals surface area contributed by atoms with Crippen molar-refractivity contribution in [1.82, 2.24) is 15.1 Å². The first kappa shape index (κ1) is 16.5. The molecule has 3 rings (SSSR count). The number of hydrogen-bond acceptors (Lipinski definition) is 3. The Balaban J connectivity index is 1.85. The van der Waals surface area contributed by atoms with Gasteiger partial charge in [0.15, 0.2) is 0 Å². The van der Waals surface area contributed by atoms with Crippen molar-refractivity contribution in [2.24, 2.45) is 0 Å². The summed E-state index contributed by atoms with van der Waals surface area (Å²) in [6.45, 7) is 1.73. The van der Waals surface area contributed by atoms with Crippen molar-refractivity contribution in [2.75, 3.05) is 0 Å². The van der Waals surface area contributed by atoms with Gasteiger partial charge in [0.2, 0.25) is 0 Å². The van der Waals surface area contributed by atoms with Gasteiger partial charge >= 0.3 is 5.97 Å². The van der Waals surface area contributed by atoms with Gasteiger partial charge in [0.05, 0.1) is 16.9 Å². The van der Waals surface area contributed by atoms with Crippen LogP contribution >= 0.6 is 11.6 Å². The van der Waals surface area contributed by atoms with Crippen LogP contribution in [0.1, 0.15) is 41.7 Å². The number of rotatable bonds is 4. The molecule has 0 bridgehead atoms. The monoisotopic (exact) mass is 347 g/mol. The van der Waals surface area contributed by atoms with Crippen molar-refractivity contribution in [3.05, 3.63) is 46.7 Å². The van der Waals surface area contributed by atoms with E-state index in [1.165, 1.54) is 0 Å². The third-order valence-electron chi connectivity index (χ3n) is 4.45. The summed E-state index contributed by atoms with van der Waals surface area (Å²) >= 11 is 5.88. The Morgan fingerprint density at radius 3 is 2.46 bits per heavy atom. The maximum Gasteiger partial charge on any atom is 0.329 e. The SMILES string of the molecule is Cc1nn(-c2ccc(Cl)cc2)cc1C(=O)NC1(C(=O)O)CCCC1. The number of carboxylic acids is 1. The molecule has 0 spiro atoms. The van der Waals surface area contributed by atoms with Crippen molar-refractivity contribution < 1.29 is 14.7 Å². The van der Waals surface area contributed by atoms with Crippen molar-refractivity contribution in [3.8, 4) is 5.69 Å². The molecule has 0 aliphatic heterocycles. The standard InChI is InChI=1S/C17H18ClN3O3/c1-11-14(10-21(20-11)13-6-4-12(18)5-7-13)15(22)19-17(16(23)24)8-2-3-9-17/h4-7,10H,2-3,8-9H2,1H3,(H,19,22)(H,23,24). The van der Waals surface area contributed by atoms with Crippen LogP contribution in [0.25, 0.3) is 5.69 Å². The zero-order valence-electron chi connectivity index (χ0n) is 13.3. The van der Waals surface area contributed by atoms with E-state index in [-0.39, 0.29) is 0 Å². The van der Waals surface area contributed by atoms with E-state index in [9.17, 15) is 14.7 Å². The smallest absolute Gasteiger partial charge is 0.329 e. The van der Waals surface area contributed by atoms with E-state index >= 15 is 0 Å². The van der Waals surface area contributed by atoms with E-state index in [2.05, 4.69) is 10.4 Å². The van der Waals surface area contributed by atoms with E-state index < -0.39 is 17.4 Å². The normalized spacial score (nSPS) is 16.1. The van der Waals surface area contributed by atoms with Gasteiger partial charge in [0.1, 0.15) is 5.54 Å². The van der Waals surface area contributed by atoms with Crippen LogP contribution in [0.4, 0.5) is 0 Å². The van der Waals surface area contributed by atoms with Gasteiger partial charge in [-0.1, -0.05) is 24.4 Å². The van der Waals surface area contributed by atoms with Crippen molar-refractivity contribution >= 4 is 23.5 Å². The lowest BCUT2D eigenvalue weighted by molar-refractivity contribution is -0.144. The van der Waals surface area contributed by atoms with Gasteiger partial charge in [-0.15, -0.1) is 0 Å². The van der Waals surface area contributed by atoms with Crippen LogP contribution in [0.2, 0.25) is 5.02 Å². The lowest BCUT2D eigenvalue weighted by atomic mass is 9.97. The summed E-state index contributed by atoms with van der Waals surface area (Å²) < 4.78 is 1.59. The van der Waals surface area contributed by atoms with E-state index in [1.54, 1.807) is 42.1 Å². The highest BCUT2D eigenvalue weighted by molar-refractivity contribution is 6.30. The van der Waals surface area contributed by atoms with Crippen molar-refractivity contribution in [3.63, 3.8) is 0 Å². The fourth-order valence-corrected chi connectivity index (χ4v) is 3.19. The topological polar surface area (TPSA) is 84.2 Å². The largest absolute Gasteiger partial charge is 0.480 e. The maximum absolute atomic E-state index is 12.6. The first-order valence-corrected chi connectivity index (χ1v) is 8.17. The third kappa shape index (κ3) is 3.01. The van der Waals surface area contributed by atoms with E-state index in [1.807, 2.05) is 0 Å². The number of carbonyl (C=O) groups is 2. The number of carboxylic acid groups (broad SMARTS) is 1. The number of nitrogens with zero attached hydrogens (tertiary/aromatic N) is 2. The Morgan fingerprint density at radius 1 is 1.25 bits per heavy atom. The Hall–Kier alpha value is -2.34. The molecule has 0 unspecified atom stereocenters. The number of benzene rings is 1. The molecule has 24 heavy (non-hydrogen) atoms. The molecule has 126 valence electrons. The summed E-state index contributed by atoms with van der Waals surface area (Å²) in [7, 11) is 0. The van der Waals surface area contributed by atoms with Gasteiger partial charge in [-0.3, -0.25) is 4.79 Å². The maximum atomic E-state index is 12.6. The molecule has 1 aliphatic carbocycles. The number of hydrogen-bond donors (Lipinski definition) is 2. The van der Waals surface area contributed by atoms with Crippen LogP contribution in [0.15, 0.2) is 30.5 Å². The molecule has 2 N–H and O–H groups in total. The van der Waals surface area contributed by atoms with E-state index in [0.29, 0.717) is 29.1 Å². The van der Waals surface area contributed by atoms with Gasteiger partial charge in [-0.25, -0.2) is 9.48 Å². The molecule has 1 fully saturated rings. The summed E-state index contributed by atoms with van der Waals surface area (Å²) in [6.07, 6.45) is 4.13. The molecule has 1 aromatic heterocycles. The second kappa shape index (κ2) is 6.28. The Labute approximate surface area is 144 Å². The quantitative estimate of drug-likeness (QED) is 0.890. The molecule has 1 aliphatic rings. The van der Waals surface area contributed by atoms with Gasteiger partial charge in [0, 0.05) is 11.2 Å². The first-order valence-electron chi connectivity index (χ1n) is 7.79. The predicted octanol–water partition coefficient (Wildman–Crippen LogP) is 2.96. The highest BCUT2D eigenvalue weighted by atomic mass is 35.5. The summed E-state index contributed by atoms with van der Waals surface area (Å²) in [5.74, 6) is -1.38. The number of amides is 1. The van der Waals surface area contributed by atoms with Gasteiger partial charge in [0.25, 0.3) is 5.91 Å². The molecule has 2 aromatic rings. The molecule has 7 heteroatoms. The van der Waals surface area contributed by atoms with Crippen molar-refractivity contribution in [1.29, 1.82) is 0 Å². The first-order chi connectivity index (χ1) is 11.4. The molecule has 1 amide bonds. The Kier molecular flexibility index (Phi) is 4.32. The van der Waals surface area contributed by atoms with E-state index in [0.717, 1.165) is 18.5 Å². The average Bonchev–Trinajstić information content (AvgIpc) is 3.16. The lowest BCUT2D eigenvalue weighted by Gasteiger charge is -2.25. The van der Waals surface area contributed by atoms with Crippen LogP contribution in [-0.4, -0.2) is 32.3 Å². The molecule has 1 aromatic carbocycles. The van der Waals surface area contributed by atoms with Crippen LogP contribution in [0, 0.1) is 6.92 Å². The zero-order chi connectivity index (χ0) is 17.3. The fourth-order valence-electron chi connectivity index (χ4n) is 3.06. The van der Waals surface area contributed by atoms with Crippen LogP contribution in [-0.2, 0) is 4.79 Å². The molecule has 0 saturated heterocycles. The predicted molar refractivity (Wildman–Crippen MR) is 89.6 cm³/mol. The number of carbonyl (C=O) groups excluding carboxylic acids is 1. The minimum Gasteiger partial charge on any atom is -0.480 e. The average molecular weight is 348 g/mol. The molecular formula is C17H18ClN3O3. The Morgan fingerprint density at radius 2 is 1.88 bits per heavy atom. The van der Waals surface area contributed by atoms with Crippen LogP contribution < -0.4 is 5.32 Å². The molecule has 0 atom stereocenters. The van der Waals surface area contributed by atoms with Gasteiger partial charge < -0.3 is 10.4 Å². The number of aromatic nitrogens is 2. The minimum atomic E-state index is -1.16. The van der Waals surface area contributed by atoms with Gasteiger partial charge in [-0.2, -0.15) is 5.10 Å². The summed E-state index contributed by atoms with van der Waals surface area (Å²) in [6, 6.07) is 7.08. The fraction of sp³-hybridized carbons (Fsp3) is 0.353. The van der Waals surface area contributed by atoms with Crippen molar-refractivity contribution in [2.45, 2.75) is 38.1 Å². The lowest BCUT2D eigenvalue weighted by Crippen LogP contribution is -2.52. The molecule has 6 nitrogen and oxygen atoms in total. The molecular weight excluding hydrogens is 330 g/mol. The summed E-state index contributed by atoms with van der Waals surface area (Å²) in [5.41, 5.74) is 0.528. The summed E-state index contributed by atoms with van der Waals surface area (Å²) in [4.78, 5) is 24.2. The molecule has 1 heterocycles. The highest BCUT2D eigenvalue weighted by Gasteiger charge is 2.43. The van der Waals surface area contributed by atoms with Crippen LogP contribution in [0.5, 0.6) is 0 Å². The number of aryl methyl sites for hydroxylation is 1. The highest BCUT2D eigenvalue weighted by Crippen LogP contribution is 2.30. The second-order valence-electron chi connectivity index (χ2n) is 6.10. The summed E-state index contributed by atoms with van der Waals surface area (Å²) in [5, 5.41) is 17.2. The third-order valence-corrected chi connectivity index (χ3v) is 4.71. The van der Waals surface area contributed by atoms with Gasteiger partial charge in [-0.05, 0) is 44.0 Å². The Bertz CT molecular complexity index is 777. The number of halogens is 1.